The van der Waals surface area contributed by atoms with Gasteiger partial charge in [-0.1, -0.05) is 97.1 Å². The number of nitrogens with zero attached hydrogens (tertiary/aromatic N) is 1. The van der Waals surface area contributed by atoms with Crippen LogP contribution in [0.2, 0.25) is 0 Å². The first kappa shape index (κ1) is 19.1. The fourth-order valence-corrected chi connectivity index (χ4v) is 4.30. The number of hydrogen-bond acceptors (Lipinski definition) is 2. The van der Waals surface area contributed by atoms with E-state index in [1.165, 1.54) is 5.56 Å². The van der Waals surface area contributed by atoms with Gasteiger partial charge in [-0.05, 0) is 41.3 Å². The number of anilines is 1. The van der Waals surface area contributed by atoms with Gasteiger partial charge >= 0.3 is 0 Å². The molecule has 3 nitrogen and oxygen atoms in total. The average Bonchev–Trinajstić information content (AvgIpc) is 2.83. The van der Waals surface area contributed by atoms with Crippen LogP contribution in [0.1, 0.15) is 28.4 Å². The van der Waals surface area contributed by atoms with Gasteiger partial charge in [0.05, 0.1) is 5.56 Å². The predicted octanol–water partition coefficient (Wildman–Crippen LogP) is 6.29. The normalized spacial score (nSPS) is 17.7. The maximum Gasteiger partial charge on any atom is 0.258 e. The second-order valence-electron chi connectivity index (χ2n) is 8.06. The Morgan fingerprint density at radius 2 is 1.29 bits per heavy atom. The summed E-state index contributed by atoms with van der Waals surface area (Å²) in [6.07, 6.45) is 0. The smallest absolute Gasteiger partial charge is 0.258 e. The number of hydrogen-bond donors (Lipinski definition) is 1. The third-order valence-corrected chi connectivity index (χ3v) is 6.06. The quantitative estimate of drug-likeness (QED) is 0.433. The van der Waals surface area contributed by atoms with Crippen LogP contribution in [-0.4, -0.2) is 10.8 Å². The molecule has 1 heterocycles. The number of nitrogens with one attached hydrogen (secondary N) is 1. The van der Waals surface area contributed by atoms with Crippen molar-refractivity contribution >= 4 is 11.6 Å². The highest BCUT2D eigenvalue weighted by Gasteiger charge is 2.42. The number of carbonyl (C=O) groups is 1. The van der Waals surface area contributed by atoms with Gasteiger partial charge in [0.2, 0.25) is 0 Å². The van der Waals surface area contributed by atoms with Crippen molar-refractivity contribution in [3.05, 3.63) is 126 Å². The fraction of sp³-hybridized carbons (Fsp3) is 0.107. The van der Waals surface area contributed by atoms with E-state index in [1.807, 2.05) is 65.6 Å². The summed E-state index contributed by atoms with van der Waals surface area (Å²) in [5.74, 6) is 0.0350. The zero-order valence-corrected chi connectivity index (χ0v) is 17.5. The van der Waals surface area contributed by atoms with E-state index >= 15 is 0 Å². The number of para-hydroxylation sites is 1. The molecule has 0 saturated carbocycles. The average molecular weight is 405 g/mol. The lowest BCUT2D eigenvalue weighted by molar-refractivity contribution is 0.0509. The summed E-state index contributed by atoms with van der Waals surface area (Å²) in [6, 6.07) is 36.7. The maximum absolute atomic E-state index is 13.6. The maximum atomic E-state index is 13.6. The highest BCUT2D eigenvalue weighted by molar-refractivity contribution is 6.02. The number of rotatable bonds is 4. The zero-order valence-electron chi connectivity index (χ0n) is 17.5. The summed E-state index contributed by atoms with van der Waals surface area (Å²) < 4.78 is 0. The van der Waals surface area contributed by atoms with Gasteiger partial charge in [-0.2, -0.15) is 0 Å². The van der Waals surface area contributed by atoms with Crippen LogP contribution in [-0.2, 0) is 12.2 Å². The lowest BCUT2D eigenvalue weighted by Crippen LogP contribution is -2.55. The summed E-state index contributed by atoms with van der Waals surface area (Å²) in [5, 5.41) is 3.65. The molecule has 0 aromatic heterocycles. The van der Waals surface area contributed by atoms with E-state index in [0.29, 0.717) is 12.1 Å². The molecule has 0 spiro atoms. The standard InChI is InChI=1S/C28H24N2O/c1-28(24-18-16-23(17-19-24)22-12-6-3-7-13-22)29-26-15-9-8-14-25(26)27(31)30(28)20-21-10-4-2-5-11-21/h2-19,29H,20H2,1H3. The van der Waals surface area contributed by atoms with Crippen LogP contribution >= 0.6 is 0 Å². The fourth-order valence-electron chi connectivity index (χ4n) is 4.30. The van der Waals surface area contributed by atoms with Crippen LogP contribution in [0, 0.1) is 0 Å². The molecule has 0 saturated heterocycles. The zero-order chi connectivity index (χ0) is 21.3. The second-order valence-corrected chi connectivity index (χ2v) is 8.06. The van der Waals surface area contributed by atoms with Gasteiger partial charge in [-0.15, -0.1) is 0 Å². The number of benzene rings is 4. The molecule has 1 aliphatic heterocycles. The van der Waals surface area contributed by atoms with Crippen molar-refractivity contribution in [2.24, 2.45) is 0 Å². The first-order valence-electron chi connectivity index (χ1n) is 10.5. The molecule has 0 radical (unpaired) electrons. The van der Waals surface area contributed by atoms with Crippen LogP contribution in [0.4, 0.5) is 5.69 Å². The topological polar surface area (TPSA) is 32.3 Å². The van der Waals surface area contributed by atoms with Gasteiger partial charge in [0.15, 0.2) is 0 Å². The third kappa shape index (κ3) is 3.49. The molecule has 1 unspecified atom stereocenters. The van der Waals surface area contributed by atoms with Gasteiger partial charge in [-0.25, -0.2) is 0 Å². The molecule has 4 aromatic carbocycles. The SMILES string of the molecule is CC1(c2ccc(-c3ccccc3)cc2)Nc2ccccc2C(=O)N1Cc1ccccc1. The Labute approximate surface area is 183 Å². The minimum absolute atomic E-state index is 0.0350. The van der Waals surface area contributed by atoms with E-state index in [-0.39, 0.29) is 5.91 Å². The van der Waals surface area contributed by atoms with Crippen LogP contribution in [0.25, 0.3) is 11.1 Å². The minimum Gasteiger partial charge on any atom is -0.358 e. The molecule has 1 aliphatic rings. The van der Waals surface area contributed by atoms with Crippen LogP contribution in [0.3, 0.4) is 0 Å². The molecule has 0 bridgehead atoms. The van der Waals surface area contributed by atoms with Gasteiger partial charge in [0.1, 0.15) is 5.66 Å². The third-order valence-electron chi connectivity index (χ3n) is 6.06. The molecule has 5 rings (SSSR count). The first-order valence-corrected chi connectivity index (χ1v) is 10.5. The molecule has 1 N–H and O–H groups in total. The van der Waals surface area contributed by atoms with E-state index in [4.69, 9.17) is 0 Å². The van der Waals surface area contributed by atoms with Crippen molar-refractivity contribution in [1.82, 2.24) is 4.90 Å². The Bertz CT molecular complexity index is 1200. The van der Waals surface area contributed by atoms with Gasteiger partial charge in [-0.3, -0.25) is 4.79 Å². The Balaban J connectivity index is 1.57. The highest BCUT2D eigenvalue weighted by atomic mass is 16.2. The molecule has 1 atom stereocenters. The number of fused-ring (bicyclic) bond motifs is 1. The Kier molecular flexibility index (Phi) is 4.79. The second kappa shape index (κ2) is 7.77. The van der Waals surface area contributed by atoms with E-state index in [1.54, 1.807) is 0 Å². The Hall–Kier alpha value is -3.85. The lowest BCUT2D eigenvalue weighted by Gasteiger charge is -2.47. The van der Waals surface area contributed by atoms with E-state index in [9.17, 15) is 4.79 Å². The van der Waals surface area contributed by atoms with Crippen LogP contribution in [0.15, 0.2) is 109 Å². The van der Waals surface area contributed by atoms with E-state index in [2.05, 4.69) is 60.8 Å². The molecule has 4 aromatic rings. The predicted molar refractivity (Wildman–Crippen MR) is 126 cm³/mol. The lowest BCUT2D eigenvalue weighted by atomic mass is 9.91. The van der Waals surface area contributed by atoms with Gasteiger partial charge < -0.3 is 10.2 Å². The van der Waals surface area contributed by atoms with Crippen molar-refractivity contribution in [3.8, 4) is 11.1 Å². The molecular weight excluding hydrogens is 380 g/mol. The van der Waals surface area contributed by atoms with Crippen molar-refractivity contribution in [3.63, 3.8) is 0 Å². The van der Waals surface area contributed by atoms with Gasteiger partial charge in [0, 0.05) is 12.2 Å². The van der Waals surface area contributed by atoms with E-state index in [0.717, 1.165) is 22.4 Å². The molecule has 152 valence electrons. The summed E-state index contributed by atoms with van der Waals surface area (Å²) in [7, 11) is 0. The summed E-state index contributed by atoms with van der Waals surface area (Å²) in [4.78, 5) is 15.5. The Morgan fingerprint density at radius 3 is 2.00 bits per heavy atom. The summed E-state index contributed by atoms with van der Waals surface area (Å²) in [5.41, 5.74) is 5.39. The molecule has 0 aliphatic carbocycles. The van der Waals surface area contributed by atoms with Crippen molar-refractivity contribution in [2.75, 3.05) is 5.32 Å². The van der Waals surface area contributed by atoms with Crippen molar-refractivity contribution < 1.29 is 4.79 Å². The van der Waals surface area contributed by atoms with Crippen molar-refractivity contribution in [1.29, 1.82) is 0 Å². The van der Waals surface area contributed by atoms with Gasteiger partial charge in [0.25, 0.3) is 5.91 Å². The number of amides is 1. The molecule has 1 amide bonds. The highest BCUT2D eigenvalue weighted by Crippen LogP contribution is 2.39. The summed E-state index contributed by atoms with van der Waals surface area (Å²) >= 11 is 0. The minimum atomic E-state index is -0.670. The van der Waals surface area contributed by atoms with Crippen LogP contribution < -0.4 is 5.32 Å². The Morgan fingerprint density at radius 1 is 0.710 bits per heavy atom. The molecule has 3 heteroatoms. The van der Waals surface area contributed by atoms with Crippen LogP contribution in [0.5, 0.6) is 0 Å². The molecular formula is C28H24N2O. The summed E-state index contributed by atoms with van der Waals surface area (Å²) in [6.45, 7) is 2.61. The molecule has 0 fully saturated rings. The first-order chi connectivity index (χ1) is 15.1. The monoisotopic (exact) mass is 404 g/mol. The van der Waals surface area contributed by atoms with E-state index < -0.39 is 5.66 Å². The number of carbonyl (C=O) groups excluding carboxylic acids is 1. The van der Waals surface area contributed by atoms with Crippen molar-refractivity contribution in [2.45, 2.75) is 19.1 Å². The largest absolute Gasteiger partial charge is 0.358 e. The molecule has 31 heavy (non-hydrogen) atoms.